The van der Waals surface area contributed by atoms with Crippen molar-refractivity contribution >= 4 is 5.97 Å². The van der Waals surface area contributed by atoms with Crippen LogP contribution in [0.25, 0.3) is 0 Å². The first-order valence-electron chi connectivity index (χ1n) is 19.5. The van der Waals surface area contributed by atoms with Gasteiger partial charge >= 0.3 is 5.97 Å². The lowest BCUT2D eigenvalue weighted by Crippen LogP contribution is -2.15. The van der Waals surface area contributed by atoms with Crippen molar-refractivity contribution in [3.8, 4) is 0 Å². The predicted molar refractivity (Wildman–Crippen MR) is 200 cm³/mol. The van der Waals surface area contributed by atoms with Crippen LogP contribution in [0.2, 0.25) is 0 Å². The molecule has 1 aromatic rings. The highest BCUT2D eigenvalue weighted by atomic mass is 16.6. The van der Waals surface area contributed by atoms with Gasteiger partial charge in [0.05, 0.1) is 158 Å². The van der Waals surface area contributed by atoms with E-state index in [1.807, 2.05) is 6.07 Å². The smallest absolute Gasteiger partial charge is 0.338 e. The second-order valence-electron chi connectivity index (χ2n) is 11.6. The molecule has 14 nitrogen and oxygen atoms in total. The number of carbonyl (C=O) groups is 1. The Balaban J connectivity index is 1.61. The number of benzene rings is 1. The van der Waals surface area contributed by atoms with Gasteiger partial charge in [0.1, 0.15) is 6.61 Å². The van der Waals surface area contributed by atoms with Crippen LogP contribution in [-0.4, -0.2) is 171 Å². The Bertz CT molecular complexity index is 851. The molecule has 0 radical (unpaired) electrons. The summed E-state index contributed by atoms with van der Waals surface area (Å²) in [4.78, 5) is 11.8. The monoisotopic (exact) mass is 762 g/mol. The molecule has 53 heavy (non-hydrogen) atoms. The molecule has 0 aliphatic carbocycles. The van der Waals surface area contributed by atoms with E-state index in [2.05, 4.69) is 6.92 Å². The van der Waals surface area contributed by atoms with Gasteiger partial charge in [0.15, 0.2) is 0 Å². The fourth-order valence-corrected chi connectivity index (χ4v) is 4.36. The third kappa shape index (κ3) is 38.3. The van der Waals surface area contributed by atoms with Crippen molar-refractivity contribution in [3.63, 3.8) is 0 Å². The minimum atomic E-state index is -0.356. The Kier molecular flexibility index (Phi) is 39.9. The maximum atomic E-state index is 11.8. The summed E-state index contributed by atoms with van der Waals surface area (Å²) < 4.78 is 71.0. The zero-order chi connectivity index (χ0) is 37.8. The Morgan fingerprint density at radius 3 is 0.925 bits per heavy atom. The van der Waals surface area contributed by atoms with Crippen LogP contribution >= 0.6 is 0 Å². The molecule has 310 valence electrons. The van der Waals surface area contributed by atoms with Crippen LogP contribution in [0.3, 0.4) is 0 Å². The van der Waals surface area contributed by atoms with Crippen molar-refractivity contribution in [1.29, 1.82) is 0 Å². The van der Waals surface area contributed by atoms with Crippen molar-refractivity contribution in [1.82, 2.24) is 0 Å². The molecule has 1 aromatic carbocycles. The molecule has 0 aliphatic rings. The summed E-state index contributed by atoms with van der Waals surface area (Å²) in [7, 11) is 0. The zero-order valence-corrected chi connectivity index (χ0v) is 32.5. The average Bonchev–Trinajstić information content (AvgIpc) is 3.18. The van der Waals surface area contributed by atoms with Crippen molar-refractivity contribution in [3.05, 3.63) is 35.9 Å². The van der Waals surface area contributed by atoms with Gasteiger partial charge in [0, 0.05) is 6.61 Å². The van der Waals surface area contributed by atoms with E-state index >= 15 is 0 Å². The van der Waals surface area contributed by atoms with Crippen LogP contribution in [0, 0.1) is 0 Å². The second kappa shape index (κ2) is 42.9. The summed E-state index contributed by atoms with van der Waals surface area (Å²) >= 11 is 0. The molecule has 14 heteroatoms. The van der Waals surface area contributed by atoms with E-state index in [0.717, 1.165) is 13.0 Å². The molecule has 0 saturated carbocycles. The molecule has 0 heterocycles. The summed E-state index contributed by atoms with van der Waals surface area (Å²) in [6.45, 7) is 14.8. The van der Waals surface area contributed by atoms with Gasteiger partial charge in [-0.25, -0.2) is 4.79 Å². The minimum Gasteiger partial charge on any atom is -0.460 e. The lowest BCUT2D eigenvalue weighted by Gasteiger charge is -2.09. The number of hydrogen-bond donors (Lipinski definition) is 0. The van der Waals surface area contributed by atoms with E-state index in [0.29, 0.717) is 158 Å². The normalized spacial score (nSPS) is 11.4. The van der Waals surface area contributed by atoms with E-state index in [1.165, 1.54) is 32.1 Å². The van der Waals surface area contributed by atoms with Gasteiger partial charge in [-0.15, -0.1) is 0 Å². The van der Waals surface area contributed by atoms with E-state index in [1.54, 1.807) is 24.3 Å². The molecule has 0 saturated heterocycles. The first kappa shape index (κ1) is 49.2. The largest absolute Gasteiger partial charge is 0.460 e. The van der Waals surface area contributed by atoms with Gasteiger partial charge in [0.2, 0.25) is 0 Å². The number of carbonyl (C=O) groups excluding carboxylic acids is 1. The van der Waals surface area contributed by atoms with Crippen LogP contribution in [-0.2, 0) is 61.6 Å². The summed E-state index contributed by atoms with van der Waals surface area (Å²) in [5, 5.41) is 0. The fraction of sp³-hybridized carbons (Fsp3) is 0.821. The summed E-state index contributed by atoms with van der Waals surface area (Å²) in [5.74, 6) is -0.356. The van der Waals surface area contributed by atoms with Gasteiger partial charge < -0.3 is 61.6 Å². The maximum absolute atomic E-state index is 11.8. The summed E-state index contributed by atoms with van der Waals surface area (Å²) in [6.07, 6.45) is 7.66. The minimum absolute atomic E-state index is 0.201. The molecule has 0 amide bonds. The standard InChI is InChI=1S/C39H70O14/c1-2-3-4-5-6-10-13-41-14-15-42-16-17-43-18-19-44-20-21-45-22-23-46-24-25-47-26-27-48-28-29-49-30-31-50-32-33-51-34-35-52-36-37-53-39(40)38-11-8-7-9-12-38/h7-9,11-12H,2-6,10,13-37H2,1H3. The fourth-order valence-electron chi connectivity index (χ4n) is 4.36. The molecule has 0 atom stereocenters. The summed E-state index contributed by atoms with van der Waals surface area (Å²) in [6, 6.07) is 8.86. The molecular formula is C39H70O14. The van der Waals surface area contributed by atoms with Crippen LogP contribution in [0.15, 0.2) is 30.3 Å². The highest BCUT2D eigenvalue weighted by Crippen LogP contribution is 2.05. The van der Waals surface area contributed by atoms with Crippen molar-refractivity contribution in [2.75, 3.05) is 165 Å². The Morgan fingerprint density at radius 1 is 0.340 bits per heavy atom. The van der Waals surface area contributed by atoms with E-state index < -0.39 is 0 Å². The van der Waals surface area contributed by atoms with Gasteiger partial charge in [0.25, 0.3) is 0 Å². The molecule has 0 bridgehead atoms. The third-order valence-electron chi connectivity index (χ3n) is 7.20. The van der Waals surface area contributed by atoms with E-state index in [4.69, 9.17) is 61.6 Å². The van der Waals surface area contributed by atoms with Crippen LogP contribution < -0.4 is 0 Å². The molecule has 0 fully saturated rings. The quantitative estimate of drug-likeness (QED) is 0.0686. The van der Waals surface area contributed by atoms with E-state index in [9.17, 15) is 4.79 Å². The maximum Gasteiger partial charge on any atom is 0.338 e. The van der Waals surface area contributed by atoms with Gasteiger partial charge in [-0.2, -0.15) is 0 Å². The topological polar surface area (TPSA) is 137 Å². The number of hydrogen-bond acceptors (Lipinski definition) is 14. The molecule has 0 aliphatic heterocycles. The van der Waals surface area contributed by atoms with Crippen molar-refractivity contribution in [2.45, 2.75) is 45.4 Å². The highest BCUT2D eigenvalue weighted by Gasteiger charge is 2.05. The SMILES string of the molecule is CCCCCCCCOCCOCCOCCOCCOCCOCCOCCOCCOCCOCCOCCOCCOC(=O)c1ccccc1. The average molecular weight is 763 g/mol. The highest BCUT2D eigenvalue weighted by molar-refractivity contribution is 5.89. The van der Waals surface area contributed by atoms with Crippen LogP contribution in [0.4, 0.5) is 0 Å². The van der Waals surface area contributed by atoms with Crippen LogP contribution in [0.5, 0.6) is 0 Å². The van der Waals surface area contributed by atoms with E-state index in [-0.39, 0.29) is 12.6 Å². The van der Waals surface area contributed by atoms with Crippen molar-refractivity contribution in [2.24, 2.45) is 0 Å². The van der Waals surface area contributed by atoms with Crippen LogP contribution in [0.1, 0.15) is 55.8 Å². The summed E-state index contributed by atoms with van der Waals surface area (Å²) in [5.41, 5.74) is 0.525. The molecule has 0 aromatic heterocycles. The lowest BCUT2D eigenvalue weighted by atomic mass is 10.1. The Morgan fingerprint density at radius 2 is 0.604 bits per heavy atom. The lowest BCUT2D eigenvalue weighted by molar-refractivity contribution is -0.0288. The molecule has 0 N–H and O–H groups in total. The first-order chi connectivity index (χ1) is 26.3. The first-order valence-corrected chi connectivity index (χ1v) is 19.5. The number of rotatable bonds is 44. The molecule has 0 unspecified atom stereocenters. The van der Waals surface area contributed by atoms with Gasteiger partial charge in [-0.1, -0.05) is 57.2 Å². The Hall–Kier alpha value is -1.79. The second-order valence-corrected chi connectivity index (χ2v) is 11.6. The number of unbranched alkanes of at least 4 members (excludes halogenated alkanes) is 5. The molecular weight excluding hydrogens is 692 g/mol. The van der Waals surface area contributed by atoms with Crippen molar-refractivity contribution < 1.29 is 66.4 Å². The zero-order valence-electron chi connectivity index (χ0n) is 32.5. The number of ether oxygens (including phenoxy) is 13. The van der Waals surface area contributed by atoms with Gasteiger partial charge in [-0.05, 0) is 18.6 Å². The molecule has 0 spiro atoms. The number of esters is 1. The molecule has 1 rings (SSSR count). The Labute approximate surface area is 318 Å². The van der Waals surface area contributed by atoms with Gasteiger partial charge in [-0.3, -0.25) is 0 Å². The third-order valence-corrected chi connectivity index (χ3v) is 7.20. The predicted octanol–water partition coefficient (Wildman–Crippen LogP) is 4.40.